The summed E-state index contributed by atoms with van der Waals surface area (Å²) in [4.78, 5) is 33.0. The summed E-state index contributed by atoms with van der Waals surface area (Å²) in [5.41, 5.74) is 2.84. The molecule has 3 rings (SSSR count). The molecule has 2 N–H and O–H groups in total. The van der Waals surface area contributed by atoms with E-state index in [1.807, 2.05) is 52.0 Å². The van der Waals surface area contributed by atoms with Crippen molar-refractivity contribution in [3.05, 3.63) is 65.6 Å². The van der Waals surface area contributed by atoms with Gasteiger partial charge in [0.1, 0.15) is 5.82 Å². The molecule has 0 saturated carbocycles. The number of anilines is 1. The van der Waals surface area contributed by atoms with Crippen molar-refractivity contribution in [3.63, 3.8) is 0 Å². The maximum atomic E-state index is 12.5. The van der Waals surface area contributed by atoms with Gasteiger partial charge in [-0.2, -0.15) is 9.78 Å². The van der Waals surface area contributed by atoms with Crippen molar-refractivity contribution in [3.8, 4) is 5.95 Å². The van der Waals surface area contributed by atoms with Crippen LogP contribution in [0.25, 0.3) is 5.95 Å². The first-order valence-electron chi connectivity index (χ1n) is 10.2. The van der Waals surface area contributed by atoms with Crippen LogP contribution in [0.5, 0.6) is 0 Å². The molecule has 0 aliphatic rings. The van der Waals surface area contributed by atoms with Gasteiger partial charge in [-0.25, -0.2) is 9.97 Å². The maximum absolute atomic E-state index is 12.5. The van der Waals surface area contributed by atoms with Gasteiger partial charge < -0.3 is 10.6 Å². The molecule has 8 heteroatoms. The van der Waals surface area contributed by atoms with Crippen LogP contribution in [0.15, 0.2) is 48.8 Å². The number of benzene rings is 1. The van der Waals surface area contributed by atoms with E-state index in [9.17, 15) is 9.59 Å². The highest BCUT2D eigenvalue weighted by Crippen LogP contribution is 2.25. The van der Waals surface area contributed by atoms with Crippen molar-refractivity contribution in [1.82, 2.24) is 25.1 Å². The van der Waals surface area contributed by atoms with E-state index in [1.54, 1.807) is 24.5 Å². The Kier molecular flexibility index (Phi) is 6.79. The lowest BCUT2D eigenvalue weighted by Gasteiger charge is -2.13. The summed E-state index contributed by atoms with van der Waals surface area (Å²) in [6, 6.07) is 11.6. The average Bonchev–Trinajstić information content (AvgIpc) is 3.17. The van der Waals surface area contributed by atoms with Crippen molar-refractivity contribution in [1.29, 1.82) is 0 Å². The predicted molar refractivity (Wildman–Crippen MR) is 119 cm³/mol. The quantitative estimate of drug-likeness (QED) is 0.612. The second-order valence-electron chi connectivity index (χ2n) is 8.44. The number of nitrogens with one attached hydrogen (secondary N) is 2. The minimum atomic E-state index is -0.346. The van der Waals surface area contributed by atoms with Crippen molar-refractivity contribution >= 4 is 17.6 Å². The number of amides is 2. The fourth-order valence-electron chi connectivity index (χ4n) is 2.86. The van der Waals surface area contributed by atoms with Gasteiger partial charge in [-0.1, -0.05) is 50.6 Å². The van der Waals surface area contributed by atoms with Crippen LogP contribution in [0, 0.1) is 6.92 Å². The van der Waals surface area contributed by atoms with Crippen molar-refractivity contribution < 1.29 is 9.59 Å². The van der Waals surface area contributed by atoms with E-state index in [-0.39, 0.29) is 23.8 Å². The first kappa shape index (κ1) is 22.1. The third-order valence-electron chi connectivity index (χ3n) is 4.69. The highest BCUT2D eigenvalue weighted by molar-refractivity contribution is 5.94. The molecular formula is C23H28N6O2. The number of aromatic nitrogens is 4. The number of carbonyl (C=O) groups excluding carboxylic acids is 2. The first-order valence-corrected chi connectivity index (χ1v) is 10.2. The van der Waals surface area contributed by atoms with E-state index < -0.39 is 0 Å². The molecule has 162 valence electrons. The average molecular weight is 421 g/mol. The van der Waals surface area contributed by atoms with Gasteiger partial charge in [0.2, 0.25) is 11.8 Å². The normalized spacial score (nSPS) is 11.2. The molecule has 3 aromatic rings. The highest BCUT2D eigenvalue weighted by Gasteiger charge is 2.22. The van der Waals surface area contributed by atoms with Crippen LogP contribution in [0.4, 0.5) is 5.82 Å². The Labute approximate surface area is 182 Å². The summed E-state index contributed by atoms with van der Waals surface area (Å²) in [7, 11) is 0. The number of nitrogens with zero attached hydrogens (tertiary/aromatic N) is 4. The Morgan fingerprint density at radius 1 is 1.03 bits per heavy atom. The van der Waals surface area contributed by atoms with Crippen LogP contribution >= 0.6 is 0 Å². The fourth-order valence-corrected chi connectivity index (χ4v) is 2.86. The predicted octanol–water partition coefficient (Wildman–Crippen LogP) is 2.96. The zero-order chi connectivity index (χ0) is 22.4. The monoisotopic (exact) mass is 420 g/mol. The molecule has 0 bridgehead atoms. The molecule has 0 saturated heterocycles. The molecule has 0 aliphatic carbocycles. The SMILES string of the molecule is Cc1ccc(CCC(=O)NCC(=O)Nc2cc(C(C)(C)C)nn2-c2ncccn2)cc1. The summed E-state index contributed by atoms with van der Waals surface area (Å²) in [6.45, 7) is 8.00. The molecule has 0 aliphatic heterocycles. The van der Waals surface area contributed by atoms with E-state index in [0.717, 1.165) is 11.3 Å². The van der Waals surface area contributed by atoms with E-state index in [1.165, 1.54) is 10.2 Å². The second kappa shape index (κ2) is 9.51. The molecule has 2 amide bonds. The van der Waals surface area contributed by atoms with E-state index in [0.29, 0.717) is 24.6 Å². The molecule has 2 aromatic heterocycles. The number of carbonyl (C=O) groups is 2. The topological polar surface area (TPSA) is 102 Å². The molecule has 0 unspecified atom stereocenters. The number of rotatable bonds is 7. The van der Waals surface area contributed by atoms with Crippen molar-refractivity contribution in [2.45, 2.75) is 46.0 Å². The summed E-state index contributed by atoms with van der Waals surface area (Å²) in [6.07, 6.45) is 4.17. The van der Waals surface area contributed by atoms with Crippen LogP contribution < -0.4 is 10.6 Å². The Bertz CT molecular complexity index is 1040. The van der Waals surface area contributed by atoms with Gasteiger partial charge in [0.15, 0.2) is 0 Å². The van der Waals surface area contributed by atoms with Crippen LogP contribution in [-0.4, -0.2) is 38.1 Å². The zero-order valence-electron chi connectivity index (χ0n) is 18.3. The van der Waals surface area contributed by atoms with Gasteiger partial charge in [-0.05, 0) is 25.0 Å². The molecule has 1 aromatic carbocycles. The third kappa shape index (κ3) is 6.21. The van der Waals surface area contributed by atoms with Gasteiger partial charge in [0, 0.05) is 30.3 Å². The lowest BCUT2D eigenvalue weighted by Crippen LogP contribution is -2.33. The number of aryl methyl sites for hydroxylation is 2. The van der Waals surface area contributed by atoms with Crippen LogP contribution in [0.1, 0.15) is 44.0 Å². The Morgan fingerprint density at radius 2 is 1.71 bits per heavy atom. The lowest BCUT2D eigenvalue weighted by molar-refractivity contribution is -0.124. The zero-order valence-corrected chi connectivity index (χ0v) is 18.3. The molecule has 2 heterocycles. The molecule has 0 radical (unpaired) electrons. The van der Waals surface area contributed by atoms with Crippen molar-refractivity contribution in [2.24, 2.45) is 0 Å². The smallest absolute Gasteiger partial charge is 0.252 e. The molecule has 0 fully saturated rings. The van der Waals surface area contributed by atoms with Gasteiger partial charge >= 0.3 is 0 Å². The van der Waals surface area contributed by atoms with Crippen LogP contribution in [0.3, 0.4) is 0 Å². The van der Waals surface area contributed by atoms with Crippen LogP contribution in [0.2, 0.25) is 0 Å². The Hall–Kier alpha value is -3.55. The van der Waals surface area contributed by atoms with Gasteiger partial charge in [-0.15, -0.1) is 0 Å². The largest absolute Gasteiger partial charge is 0.347 e. The van der Waals surface area contributed by atoms with E-state index in [2.05, 4.69) is 25.7 Å². The van der Waals surface area contributed by atoms with Gasteiger partial charge in [-0.3, -0.25) is 9.59 Å². The fraction of sp³-hybridized carbons (Fsp3) is 0.348. The molecule has 0 atom stereocenters. The third-order valence-corrected chi connectivity index (χ3v) is 4.69. The lowest BCUT2D eigenvalue weighted by atomic mass is 9.92. The molecular weight excluding hydrogens is 392 g/mol. The standard InChI is InChI=1S/C23H28N6O2/c1-16-6-8-17(9-7-16)10-11-20(30)26-15-21(31)27-19-14-18(23(2,3)4)28-29(19)22-24-12-5-13-25-22/h5-9,12-14H,10-11,15H2,1-4H3,(H,26,30)(H,27,31). The summed E-state index contributed by atoms with van der Waals surface area (Å²) in [5, 5.41) is 10.0. The molecule has 0 spiro atoms. The Morgan fingerprint density at radius 3 is 2.35 bits per heavy atom. The van der Waals surface area contributed by atoms with E-state index in [4.69, 9.17) is 0 Å². The Balaban J connectivity index is 1.60. The van der Waals surface area contributed by atoms with Crippen molar-refractivity contribution in [2.75, 3.05) is 11.9 Å². The van der Waals surface area contributed by atoms with Gasteiger partial charge in [0.25, 0.3) is 5.95 Å². The summed E-state index contributed by atoms with van der Waals surface area (Å²) >= 11 is 0. The molecule has 31 heavy (non-hydrogen) atoms. The highest BCUT2D eigenvalue weighted by atomic mass is 16.2. The van der Waals surface area contributed by atoms with E-state index >= 15 is 0 Å². The first-order chi connectivity index (χ1) is 14.7. The summed E-state index contributed by atoms with van der Waals surface area (Å²) < 4.78 is 1.50. The van der Waals surface area contributed by atoms with Crippen LogP contribution in [-0.2, 0) is 21.4 Å². The van der Waals surface area contributed by atoms with Gasteiger partial charge in [0.05, 0.1) is 12.2 Å². The number of hydrogen-bond acceptors (Lipinski definition) is 5. The summed E-state index contributed by atoms with van der Waals surface area (Å²) in [5.74, 6) is 0.290. The second-order valence-corrected chi connectivity index (χ2v) is 8.44. The minimum Gasteiger partial charge on any atom is -0.347 e. The number of hydrogen-bond donors (Lipinski definition) is 2. The maximum Gasteiger partial charge on any atom is 0.252 e. The minimum absolute atomic E-state index is 0.127. The molecule has 8 nitrogen and oxygen atoms in total.